The van der Waals surface area contributed by atoms with Gasteiger partial charge in [0.1, 0.15) is 0 Å². The number of ether oxygens (including phenoxy) is 1. The molecule has 1 atom stereocenters. The first kappa shape index (κ1) is 18.7. The predicted molar refractivity (Wildman–Crippen MR) is 81.3 cm³/mol. The maximum atomic E-state index is 11.8. The summed E-state index contributed by atoms with van der Waals surface area (Å²) in [6.07, 6.45) is 7.11. The molecule has 0 spiro atoms. The first-order chi connectivity index (χ1) is 9.54. The lowest BCUT2D eigenvalue weighted by atomic mass is 10.0. The molecule has 4 heteroatoms. The van der Waals surface area contributed by atoms with Crippen LogP contribution in [-0.4, -0.2) is 25.0 Å². The van der Waals surface area contributed by atoms with E-state index in [9.17, 15) is 9.59 Å². The number of carbonyl (C=O) groups is 2. The SMILES string of the molecule is C=C(C(=O)OCC)C(C)C(=O)NCCCCCCCC. The maximum absolute atomic E-state index is 11.8. The molecule has 1 amide bonds. The van der Waals surface area contributed by atoms with Crippen LogP contribution in [0.2, 0.25) is 0 Å². The molecular weight excluding hydrogens is 254 g/mol. The number of nitrogens with one attached hydrogen (secondary N) is 1. The van der Waals surface area contributed by atoms with E-state index in [0.717, 1.165) is 12.8 Å². The van der Waals surface area contributed by atoms with Gasteiger partial charge in [0.05, 0.1) is 12.5 Å². The predicted octanol–water partition coefficient (Wildman–Crippen LogP) is 3.22. The van der Waals surface area contributed by atoms with Crippen molar-refractivity contribution in [2.75, 3.05) is 13.2 Å². The summed E-state index contributed by atoms with van der Waals surface area (Å²) in [7, 11) is 0. The number of esters is 1. The number of hydrogen-bond acceptors (Lipinski definition) is 3. The van der Waals surface area contributed by atoms with Crippen LogP contribution in [0.5, 0.6) is 0 Å². The van der Waals surface area contributed by atoms with Crippen molar-refractivity contribution in [3.8, 4) is 0 Å². The summed E-state index contributed by atoms with van der Waals surface area (Å²) in [5.41, 5.74) is 0.215. The molecule has 0 rings (SSSR count). The van der Waals surface area contributed by atoms with E-state index in [4.69, 9.17) is 4.74 Å². The van der Waals surface area contributed by atoms with Crippen LogP contribution >= 0.6 is 0 Å². The molecule has 1 unspecified atom stereocenters. The van der Waals surface area contributed by atoms with Crippen molar-refractivity contribution >= 4 is 11.9 Å². The highest BCUT2D eigenvalue weighted by molar-refractivity contribution is 5.96. The van der Waals surface area contributed by atoms with Gasteiger partial charge in [0, 0.05) is 12.1 Å². The Morgan fingerprint density at radius 3 is 2.30 bits per heavy atom. The number of amides is 1. The van der Waals surface area contributed by atoms with Crippen molar-refractivity contribution in [1.29, 1.82) is 0 Å². The molecule has 0 saturated carbocycles. The second-order valence-electron chi connectivity index (χ2n) is 5.03. The molecule has 0 aromatic carbocycles. The second-order valence-corrected chi connectivity index (χ2v) is 5.03. The van der Waals surface area contributed by atoms with Gasteiger partial charge in [-0.05, 0) is 20.3 Å². The number of unbranched alkanes of at least 4 members (excludes halogenated alkanes) is 5. The molecule has 0 fully saturated rings. The topological polar surface area (TPSA) is 55.4 Å². The highest BCUT2D eigenvalue weighted by Crippen LogP contribution is 2.10. The number of hydrogen-bond donors (Lipinski definition) is 1. The first-order valence-corrected chi connectivity index (χ1v) is 7.68. The summed E-state index contributed by atoms with van der Waals surface area (Å²) in [5.74, 6) is -1.18. The Balaban J connectivity index is 3.80. The molecular formula is C16H29NO3. The van der Waals surface area contributed by atoms with Gasteiger partial charge in [-0.2, -0.15) is 0 Å². The molecule has 0 radical (unpaired) electrons. The molecule has 1 N–H and O–H groups in total. The molecule has 0 aliphatic rings. The van der Waals surface area contributed by atoms with Crippen LogP contribution in [0.1, 0.15) is 59.3 Å². The van der Waals surface area contributed by atoms with E-state index in [-0.39, 0.29) is 11.5 Å². The fraction of sp³-hybridized carbons (Fsp3) is 0.750. The highest BCUT2D eigenvalue weighted by atomic mass is 16.5. The Labute approximate surface area is 123 Å². The van der Waals surface area contributed by atoms with E-state index in [1.165, 1.54) is 25.7 Å². The molecule has 0 heterocycles. The molecule has 0 bridgehead atoms. The largest absolute Gasteiger partial charge is 0.463 e. The summed E-state index contributed by atoms with van der Waals surface area (Å²) in [5, 5.41) is 2.84. The van der Waals surface area contributed by atoms with E-state index >= 15 is 0 Å². The fourth-order valence-electron chi connectivity index (χ4n) is 1.83. The van der Waals surface area contributed by atoms with Crippen LogP contribution in [0.25, 0.3) is 0 Å². The second kappa shape index (κ2) is 11.5. The van der Waals surface area contributed by atoms with E-state index in [2.05, 4.69) is 18.8 Å². The molecule has 0 saturated heterocycles. The third-order valence-electron chi connectivity index (χ3n) is 3.28. The standard InChI is InChI=1S/C16H29NO3/c1-5-7-8-9-10-11-12-17-15(18)13(3)14(4)16(19)20-6-2/h13H,4-12H2,1-3H3,(H,17,18). The van der Waals surface area contributed by atoms with Crippen LogP contribution in [-0.2, 0) is 14.3 Å². The van der Waals surface area contributed by atoms with Crippen molar-refractivity contribution in [3.05, 3.63) is 12.2 Å². The van der Waals surface area contributed by atoms with Gasteiger partial charge in [-0.1, -0.05) is 45.6 Å². The zero-order valence-corrected chi connectivity index (χ0v) is 13.2. The molecule has 0 aromatic heterocycles. The number of carbonyl (C=O) groups excluding carboxylic acids is 2. The minimum atomic E-state index is -0.533. The van der Waals surface area contributed by atoms with E-state index in [1.807, 2.05) is 0 Å². The molecule has 0 aliphatic carbocycles. The molecule has 0 aromatic rings. The average molecular weight is 283 g/mol. The average Bonchev–Trinajstić information content (AvgIpc) is 2.44. The lowest BCUT2D eigenvalue weighted by Gasteiger charge is -2.13. The number of rotatable bonds is 11. The minimum Gasteiger partial charge on any atom is -0.463 e. The van der Waals surface area contributed by atoms with Crippen LogP contribution in [0.3, 0.4) is 0 Å². The van der Waals surface area contributed by atoms with Gasteiger partial charge in [0.15, 0.2) is 0 Å². The minimum absolute atomic E-state index is 0.156. The summed E-state index contributed by atoms with van der Waals surface area (Å²) in [6.45, 7) is 10.2. The van der Waals surface area contributed by atoms with Gasteiger partial charge < -0.3 is 10.1 Å². The van der Waals surface area contributed by atoms with Gasteiger partial charge in [0.25, 0.3) is 0 Å². The van der Waals surface area contributed by atoms with Gasteiger partial charge in [-0.15, -0.1) is 0 Å². The van der Waals surface area contributed by atoms with Crippen molar-refractivity contribution in [2.45, 2.75) is 59.3 Å². The Morgan fingerprint density at radius 1 is 1.10 bits per heavy atom. The smallest absolute Gasteiger partial charge is 0.334 e. The van der Waals surface area contributed by atoms with Gasteiger partial charge in [-0.3, -0.25) is 4.79 Å². The zero-order chi connectivity index (χ0) is 15.4. The van der Waals surface area contributed by atoms with Gasteiger partial charge in [0.2, 0.25) is 5.91 Å². The Morgan fingerprint density at radius 2 is 1.70 bits per heavy atom. The van der Waals surface area contributed by atoms with Gasteiger partial charge >= 0.3 is 5.97 Å². The van der Waals surface area contributed by atoms with Gasteiger partial charge in [-0.25, -0.2) is 4.79 Å². The van der Waals surface area contributed by atoms with Crippen molar-refractivity contribution < 1.29 is 14.3 Å². The Hall–Kier alpha value is -1.32. The molecule has 20 heavy (non-hydrogen) atoms. The summed E-state index contributed by atoms with van der Waals surface area (Å²) < 4.78 is 4.84. The van der Waals surface area contributed by atoms with Crippen LogP contribution in [0.15, 0.2) is 12.2 Å². The fourth-order valence-corrected chi connectivity index (χ4v) is 1.83. The lowest BCUT2D eigenvalue weighted by molar-refractivity contribution is -0.140. The van der Waals surface area contributed by atoms with Crippen LogP contribution < -0.4 is 5.32 Å². The third-order valence-corrected chi connectivity index (χ3v) is 3.28. The van der Waals surface area contributed by atoms with Crippen molar-refractivity contribution in [1.82, 2.24) is 5.32 Å². The normalized spacial score (nSPS) is 11.8. The van der Waals surface area contributed by atoms with Crippen molar-refractivity contribution in [2.24, 2.45) is 5.92 Å². The maximum Gasteiger partial charge on any atom is 0.334 e. The molecule has 116 valence electrons. The molecule has 4 nitrogen and oxygen atoms in total. The Kier molecular flexibility index (Phi) is 10.7. The quantitative estimate of drug-likeness (QED) is 0.360. The van der Waals surface area contributed by atoms with E-state index in [1.54, 1.807) is 13.8 Å². The monoisotopic (exact) mass is 283 g/mol. The lowest BCUT2D eigenvalue weighted by Crippen LogP contribution is -2.32. The highest BCUT2D eigenvalue weighted by Gasteiger charge is 2.21. The summed E-state index contributed by atoms with van der Waals surface area (Å²) in [4.78, 5) is 23.3. The third kappa shape index (κ3) is 7.97. The summed E-state index contributed by atoms with van der Waals surface area (Å²) >= 11 is 0. The van der Waals surface area contributed by atoms with Crippen molar-refractivity contribution in [3.63, 3.8) is 0 Å². The van der Waals surface area contributed by atoms with Crippen LogP contribution in [0.4, 0.5) is 0 Å². The first-order valence-electron chi connectivity index (χ1n) is 7.68. The zero-order valence-electron chi connectivity index (χ0n) is 13.2. The summed E-state index contributed by atoms with van der Waals surface area (Å²) in [6, 6.07) is 0. The van der Waals surface area contributed by atoms with Crippen LogP contribution in [0, 0.1) is 5.92 Å². The van der Waals surface area contributed by atoms with E-state index in [0.29, 0.717) is 13.2 Å². The molecule has 0 aliphatic heterocycles. The Bertz CT molecular complexity index is 313. The van der Waals surface area contributed by atoms with E-state index < -0.39 is 11.9 Å².